The number of carbonyl (C=O) groups excluding carboxylic acids is 1. The van der Waals surface area contributed by atoms with E-state index in [-0.39, 0.29) is 19.0 Å². The Morgan fingerprint density at radius 3 is 1.39 bits per heavy atom. The third kappa shape index (κ3) is 23.3. The summed E-state index contributed by atoms with van der Waals surface area (Å²) >= 11 is 0. The van der Waals surface area contributed by atoms with Crippen LogP contribution in [0.4, 0.5) is 0 Å². The fourth-order valence-corrected chi connectivity index (χ4v) is 4.88. The summed E-state index contributed by atoms with van der Waals surface area (Å²) in [5.41, 5.74) is 0. The minimum Gasteiger partial charge on any atom is -0.481 e. The van der Waals surface area contributed by atoms with E-state index in [2.05, 4.69) is 13.8 Å². The van der Waals surface area contributed by atoms with E-state index in [1.807, 2.05) is 0 Å². The van der Waals surface area contributed by atoms with Gasteiger partial charge < -0.3 is 14.9 Å². The summed E-state index contributed by atoms with van der Waals surface area (Å²) in [7, 11) is 0. The maximum absolute atomic E-state index is 12.2. The number of rotatable bonds is 28. The van der Waals surface area contributed by atoms with Crippen LogP contribution in [0.15, 0.2) is 0 Å². The molecule has 5 heteroatoms. The van der Waals surface area contributed by atoms with Gasteiger partial charge in [-0.1, -0.05) is 142 Å². The molecule has 2 N–H and O–H groups in total. The van der Waals surface area contributed by atoms with Crippen LogP contribution in [0, 0.1) is 5.92 Å². The van der Waals surface area contributed by atoms with Gasteiger partial charge in [0.2, 0.25) is 0 Å². The molecule has 0 fully saturated rings. The van der Waals surface area contributed by atoms with Gasteiger partial charge in [0.15, 0.2) is 0 Å². The van der Waals surface area contributed by atoms with Crippen LogP contribution in [0.2, 0.25) is 0 Å². The van der Waals surface area contributed by atoms with Crippen LogP contribution in [-0.4, -0.2) is 34.9 Å². The van der Waals surface area contributed by atoms with Gasteiger partial charge in [-0.15, -0.1) is 0 Å². The summed E-state index contributed by atoms with van der Waals surface area (Å²) in [6.07, 6.45) is 26.0. The van der Waals surface area contributed by atoms with Crippen molar-refractivity contribution in [3.63, 3.8) is 0 Å². The van der Waals surface area contributed by atoms with Gasteiger partial charge in [-0.3, -0.25) is 9.59 Å². The van der Waals surface area contributed by atoms with Crippen LogP contribution in [0.25, 0.3) is 0 Å². The molecule has 214 valence electrons. The number of carboxylic acid groups (broad SMARTS) is 1. The molecule has 0 bridgehead atoms. The average molecular weight is 513 g/mol. The van der Waals surface area contributed by atoms with Gasteiger partial charge in [-0.2, -0.15) is 0 Å². The second-order valence-electron chi connectivity index (χ2n) is 10.8. The molecule has 0 spiro atoms. The van der Waals surface area contributed by atoms with Crippen LogP contribution in [0.1, 0.15) is 168 Å². The van der Waals surface area contributed by atoms with Crippen LogP contribution in [-0.2, 0) is 14.3 Å². The number of carbonyl (C=O) groups is 2. The molecule has 0 aliphatic carbocycles. The van der Waals surface area contributed by atoms with E-state index >= 15 is 0 Å². The molecule has 0 aromatic rings. The highest BCUT2D eigenvalue weighted by molar-refractivity contribution is 5.71. The number of unbranched alkanes of at least 4 members (excludes halogenated alkanes) is 19. The fourth-order valence-electron chi connectivity index (χ4n) is 4.88. The predicted octanol–water partition coefficient (Wildman–Crippen LogP) is 8.99. The smallest absolute Gasteiger partial charge is 0.306 e. The summed E-state index contributed by atoms with van der Waals surface area (Å²) in [6.45, 7) is 4.16. The van der Waals surface area contributed by atoms with Crippen molar-refractivity contribution in [1.82, 2.24) is 0 Å². The van der Waals surface area contributed by atoms with Gasteiger partial charge in [-0.05, 0) is 19.3 Å². The van der Waals surface area contributed by atoms with Crippen molar-refractivity contribution < 1.29 is 24.5 Å². The van der Waals surface area contributed by atoms with Crippen molar-refractivity contribution in [3.8, 4) is 0 Å². The fraction of sp³-hybridized carbons (Fsp3) is 0.935. The third-order valence-corrected chi connectivity index (χ3v) is 7.29. The second kappa shape index (κ2) is 26.9. The first-order chi connectivity index (χ1) is 17.5. The van der Waals surface area contributed by atoms with E-state index in [0.717, 1.165) is 38.5 Å². The highest BCUT2D eigenvalue weighted by Gasteiger charge is 2.24. The van der Waals surface area contributed by atoms with Crippen molar-refractivity contribution in [1.29, 1.82) is 0 Å². The van der Waals surface area contributed by atoms with Crippen LogP contribution >= 0.6 is 0 Å². The zero-order valence-electron chi connectivity index (χ0n) is 24.0. The molecule has 2 atom stereocenters. The van der Waals surface area contributed by atoms with Gasteiger partial charge in [0, 0.05) is 6.42 Å². The van der Waals surface area contributed by atoms with Gasteiger partial charge in [0.1, 0.15) is 6.10 Å². The molecule has 0 aliphatic heterocycles. The first-order valence-corrected chi connectivity index (χ1v) is 15.6. The Kier molecular flexibility index (Phi) is 26.1. The lowest BCUT2D eigenvalue weighted by Crippen LogP contribution is -2.28. The Morgan fingerprint density at radius 2 is 1.00 bits per heavy atom. The van der Waals surface area contributed by atoms with E-state index < -0.39 is 18.0 Å². The second-order valence-corrected chi connectivity index (χ2v) is 10.8. The quantitative estimate of drug-likeness (QED) is 0.0807. The summed E-state index contributed by atoms with van der Waals surface area (Å²) in [4.78, 5) is 23.9. The molecule has 0 aromatic heterocycles. The summed E-state index contributed by atoms with van der Waals surface area (Å²) in [6, 6.07) is 0. The monoisotopic (exact) mass is 512 g/mol. The summed E-state index contributed by atoms with van der Waals surface area (Å²) < 4.78 is 5.42. The first kappa shape index (κ1) is 34.9. The normalized spacial score (nSPS) is 13.0. The molecule has 0 rings (SSSR count). The highest BCUT2D eigenvalue weighted by Crippen LogP contribution is 2.20. The lowest BCUT2D eigenvalue weighted by atomic mass is 9.94. The third-order valence-electron chi connectivity index (χ3n) is 7.29. The van der Waals surface area contributed by atoms with Crippen LogP contribution in [0.3, 0.4) is 0 Å². The summed E-state index contributed by atoms with van der Waals surface area (Å²) in [5, 5.41) is 19.2. The molecule has 5 nitrogen and oxygen atoms in total. The number of ether oxygens (including phenoxy) is 1. The Morgan fingerprint density at radius 1 is 0.611 bits per heavy atom. The van der Waals surface area contributed by atoms with Gasteiger partial charge in [0.25, 0.3) is 0 Å². The van der Waals surface area contributed by atoms with Crippen molar-refractivity contribution in [2.24, 2.45) is 5.92 Å². The van der Waals surface area contributed by atoms with Crippen LogP contribution < -0.4 is 0 Å². The predicted molar refractivity (Wildman–Crippen MR) is 150 cm³/mol. The summed E-state index contributed by atoms with van der Waals surface area (Å²) in [5.74, 6) is -1.73. The number of esters is 1. The lowest BCUT2D eigenvalue weighted by molar-refractivity contribution is -0.155. The molecular formula is C31H60O5. The number of aliphatic hydroxyl groups excluding tert-OH is 1. The Bertz CT molecular complexity index is 493. The average Bonchev–Trinajstić information content (AvgIpc) is 2.86. The van der Waals surface area contributed by atoms with Crippen molar-refractivity contribution in [2.75, 3.05) is 6.61 Å². The minimum absolute atomic E-state index is 0.202. The molecule has 36 heavy (non-hydrogen) atoms. The van der Waals surface area contributed by atoms with Crippen molar-refractivity contribution >= 4 is 11.9 Å². The molecule has 0 amide bonds. The number of hydrogen-bond acceptors (Lipinski definition) is 4. The lowest BCUT2D eigenvalue weighted by Gasteiger charge is -2.20. The number of aliphatic hydroxyl groups is 1. The molecule has 0 radical (unpaired) electrons. The molecular weight excluding hydrogens is 452 g/mol. The number of carboxylic acids is 1. The van der Waals surface area contributed by atoms with E-state index in [0.29, 0.717) is 12.8 Å². The SMILES string of the molecule is CCCCCCCCCCCCCC(=O)O[C@@H](CO)CC(CCCCCCCCCCCC)C(=O)O. The van der Waals surface area contributed by atoms with Gasteiger partial charge in [-0.25, -0.2) is 0 Å². The largest absolute Gasteiger partial charge is 0.481 e. The standard InChI is InChI=1S/C31H60O5/c1-3-5-7-9-11-13-15-17-19-21-23-25-30(33)36-29(27-32)26-28(31(34)35)24-22-20-18-16-14-12-10-8-6-4-2/h28-29,32H,3-27H2,1-2H3,(H,34,35)/t28?,29-/m1/s1. The topological polar surface area (TPSA) is 83.8 Å². The Balaban J connectivity index is 3.87. The van der Waals surface area contributed by atoms with E-state index in [1.165, 1.54) is 96.3 Å². The van der Waals surface area contributed by atoms with Gasteiger partial charge in [0.05, 0.1) is 12.5 Å². The van der Waals surface area contributed by atoms with E-state index in [1.54, 1.807) is 0 Å². The van der Waals surface area contributed by atoms with Gasteiger partial charge >= 0.3 is 11.9 Å². The zero-order valence-corrected chi connectivity index (χ0v) is 24.0. The van der Waals surface area contributed by atoms with Crippen molar-refractivity contribution in [3.05, 3.63) is 0 Å². The molecule has 1 unspecified atom stereocenters. The first-order valence-electron chi connectivity index (χ1n) is 15.6. The minimum atomic E-state index is -0.856. The zero-order chi connectivity index (χ0) is 26.7. The molecule has 0 aliphatic rings. The maximum Gasteiger partial charge on any atom is 0.306 e. The Hall–Kier alpha value is -1.10. The molecule has 0 aromatic carbocycles. The Labute approximate surface area is 223 Å². The molecule has 0 saturated heterocycles. The number of hydrogen-bond donors (Lipinski definition) is 2. The highest BCUT2D eigenvalue weighted by atomic mass is 16.6. The van der Waals surface area contributed by atoms with Crippen LogP contribution in [0.5, 0.6) is 0 Å². The molecule has 0 saturated carbocycles. The molecule has 0 heterocycles. The number of aliphatic carboxylic acids is 1. The maximum atomic E-state index is 12.2. The van der Waals surface area contributed by atoms with Crippen molar-refractivity contribution in [2.45, 2.75) is 174 Å². The van der Waals surface area contributed by atoms with E-state index in [4.69, 9.17) is 4.74 Å². The van der Waals surface area contributed by atoms with E-state index in [9.17, 15) is 19.8 Å².